The van der Waals surface area contributed by atoms with E-state index < -0.39 is 17.8 Å². The van der Waals surface area contributed by atoms with Crippen molar-refractivity contribution in [3.63, 3.8) is 0 Å². The van der Waals surface area contributed by atoms with E-state index >= 15 is 0 Å². The van der Waals surface area contributed by atoms with E-state index in [9.17, 15) is 18.0 Å². The lowest BCUT2D eigenvalue weighted by Gasteiger charge is -2.17. The molecule has 1 aromatic carbocycles. The van der Waals surface area contributed by atoms with Gasteiger partial charge in [-0.15, -0.1) is 0 Å². The van der Waals surface area contributed by atoms with Gasteiger partial charge in [-0.25, -0.2) is 9.50 Å². The Morgan fingerprint density at radius 3 is 2.46 bits per heavy atom. The summed E-state index contributed by atoms with van der Waals surface area (Å²) in [6, 6.07) is 9.49. The number of carbonyl (C=O) groups is 1. The summed E-state index contributed by atoms with van der Waals surface area (Å²) in [5.41, 5.74) is 1.36. The third-order valence-corrected chi connectivity index (χ3v) is 6.40. The third kappa shape index (κ3) is 4.95. The third-order valence-electron chi connectivity index (χ3n) is 5.74. The highest BCUT2D eigenvalue weighted by Gasteiger charge is 2.36. The lowest BCUT2D eigenvalue weighted by atomic mass is 10.0. The van der Waals surface area contributed by atoms with Crippen LogP contribution in [0.15, 0.2) is 47.1 Å². The lowest BCUT2D eigenvalue weighted by molar-refractivity contribution is -0.142. The second-order valence-electron chi connectivity index (χ2n) is 8.52. The van der Waals surface area contributed by atoms with Gasteiger partial charge < -0.3 is 4.90 Å². The molecule has 0 saturated carbocycles. The molecule has 0 aliphatic heterocycles. The first-order valence-electron chi connectivity index (χ1n) is 11.0. The maximum Gasteiger partial charge on any atom is 0.433 e. The predicted molar refractivity (Wildman–Crippen MR) is 129 cm³/mol. The quantitative estimate of drug-likeness (QED) is 0.306. The summed E-state index contributed by atoms with van der Waals surface area (Å²) in [5, 5.41) is 8.20. The Kier molecular flexibility index (Phi) is 6.72. The Labute approximate surface area is 208 Å². The summed E-state index contributed by atoms with van der Waals surface area (Å²) >= 11 is 3.42. The lowest BCUT2D eigenvalue weighted by Crippen LogP contribution is -2.28. The summed E-state index contributed by atoms with van der Waals surface area (Å²) in [7, 11) is 1.56. The number of aromatic nitrogens is 5. The second kappa shape index (κ2) is 9.44. The van der Waals surface area contributed by atoms with Crippen molar-refractivity contribution in [1.82, 2.24) is 29.3 Å². The maximum absolute atomic E-state index is 13.9. The number of alkyl halides is 3. The molecule has 0 saturated heterocycles. The molecule has 0 unspecified atom stereocenters. The minimum atomic E-state index is -4.69. The van der Waals surface area contributed by atoms with E-state index in [0.717, 1.165) is 21.8 Å². The summed E-state index contributed by atoms with van der Waals surface area (Å²) in [6.07, 6.45) is -3.05. The topological polar surface area (TPSA) is 68.3 Å². The van der Waals surface area contributed by atoms with Crippen LogP contribution in [0.25, 0.3) is 16.9 Å². The van der Waals surface area contributed by atoms with E-state index in [-0.39, 0.29) is 23.6 Å². The number of rotatable bonds is 6. The molecule has 11 heteroatoms. The number of halogens is 4. The van der Waals surface area contributed by atoms with Crippen LogP contribution >= 0.6 is 15.9 Å². The van der Waals surface area contributed by atoms with Crippen LogP contribution in [-0.4, -0.2) is 42.2 Å². The number of carbonyl (C=O) groups excluding carboxylic acids is 1. The molecule has 0 aliphatic rings. The number of hydrogen-bond donors (Lipinski definition) is 0. The minimum absolute atomic E-state index is 0.0562. The van der Waals surface area contributed by atoms with Gasteiger partial charge in [0.05, 0.1) is 28.6 Å². The molecule has 3 aromatic heterocycles. The molecule has 0 radical (unpaired) electrons. The fourth-order valence-corrected chi connectivity index (χ4v) is 4.20. The van der Waals surface area contributed by atoms with E-state index in [0.29, 0.717) is 22.5 Å². The smallest absolute Gasteiger partial charge is 0.334 e. The van der Waals surface area contributed by atoms with E-state index in [1.807, 2.05) is 32.9 Å². The molecule has 0 aliphatic carbocycles. The molecule has 4 rings (SSSR count). The number of hydrogen-bond acceptors (Lipinski definition) is 4. The van der Waals surface area contributed by atoms with Gasteiger partial charge in [-0.3, -0.25) is 9.48 Å². The predicted octanol–water partition coefficient (Wildman–Crippen LogP) is 5.79. The number of amides is 1. The fourth-order valence-electron chi connectivity index (χ4n) is 3.78. The summed E-state index contributed by atoms with van der Waals surface area (Å²) in [4.78, 5) is 18.8. The van der Waals surface area contributed by atoms with Gasteiger partial charge in [0.1, 0.15) is 0 Å². The second-order valence-corrected chi connectivity index (χ2v) is 9.37. The van der Waals surface area contributed by atoms with Crippen molar-refractivity contribution in [2.75, 3.05) is 7.05 Å². The van der Waals surface area contributed by atoms with Crippen LogP contribution in [0.1, 0.15) is 54.1 Å². The van der Waals surface area contributed by atoms with Crippen LogP contribution in [0.5, 0.6) is 0 Å². The van der Waals surface area contributed by atoms with E-state index in [2.05, 4.69) is 31.1 Å². The zero-order valence-corrected chi connectivity index (χ0v) is 21.2. The molecular weight excluding hydrogens is 525 g/mol. The Hall–Kier alpha value is -3.21. The standard InChI is InChI=1S/C24H24BrF3N6O/c1-5-33-20(17(25)12-29-33)13-32(4)23(35)19-11-22-30-18(10-21(24(26,27)28)34(22)31-19)16-8-6-15(7-9-16)14(2)3/h6-12,14H,5,13H2,1-4H3. The molecule has 0 spiro atoms. The largest absolute Gasteiger partial charge is 0.433 e. The summed E-state index contributed by atoms with van der Waals surface area (Å²) in [6.45, 7) is 6.81. The van der Waals surface area contributed by atoms with Gasteiger partial charge >= 0.3 is 6.18 Å². The van der Waals surface area contributed by atoms with Crippen molar-refractivity contribution in [3.05, 3.63) is 69.7 Å². The van der Waals surface area contributed by atoms with Gasteiger partial charge in [0.15, 0.2) is 17.0 Å². The van der Waals surface area contributed by atoms with Crippen LogP contribution in [0.2, 0.25) is 0 Å². The maximum atomic E-state index is 13.9. The van der Waals surface area contributed by atoms with Gasteiger partial charge in [0.2, 0.25) is 0 Å². The molecule has 3 heterocycles. The summed E-state index contributed by atoms with van der Waals surface area (Å²) < 4.78 is 45.0. The zero-order chi connectivity index (χ0) is 25.5. The number of aryl methyl sites for hydroxylation is 1. The van der Waals surface area contributed by atoms with Gasteiger partial charge in [-0.2, -0.15) is 23.4 Å². The molecule has 0 bridgehead atoms. The highest BCUT2D eigenvalue weighted by Crippen LogP contribution is 2.33. The van der Waals surface area contributed by atoms with Crippen molar-refractivity contribution in [2.24, 2.45) is 0 Å². The fraction of sp³-hybridized carbons (Fsp3) is 0.333. The Morgan fingerprint density at radius 1 is 1.17 bits per heavy atom. The molecule has 184 valence electrons. The molecule has 7 nitrogen and oxygen atoms in total. The normalized spacial score (nSPS) is 12.0. The van der Waals surface area contributed by atoms with Crippen molar-refractivity contribution in [2.45, 2.75) is 46.0 Å². The van der Waals surface area contributed by atoms with Gasteiger partial charge in [0, 0.05) is 25.2 Å². The van der Waals surface area contributed by atoms with Gasteiger partial charge in [0.25, 0.3) is 5.91 Å². The average molecular weight is 549 g/mol. The van der Waals surface area contributed by atoms with E-state index in [1.165, 1.54) is 11.0 Å². The zero-order valence-electron chi connectivity index (χ0n) is 19.6. The van der Waals surface area contributed by atoms with Gasteiger partial charge in [-0.05, 0) is 40.4 Å². The first kappa shape index (κ1) is 24.9. The average Bonchev–Trinajstić information content (AvgIpc) is 3.40. The molecule has 4 aromatic rings. The highest BCUT2D eigenvalue weighted by atomic mass is 79.9. The number of benzene rings is 1. The van der Waals surface area contributed by atoms with Crippen LogP contribution in [-0.2, 0) is 19.3 Å². The monoisotopic (exact) mass is 548 g/mol. The molecule has 0 atom stereocenters. The number of fused-ring (bicyclic) bond motifs is 1. The van der Waals surface area contributed by atoms with E-state index in [4.69, 9.17) is 0 Å². The van der Waals surface area contributed by atoms with Gasteiger partial charge in [-0.1, -0.05) is 38.1 Å². The molecule has 35 heavy (non-hydrogen) atoms. The van der Waals surface area contributed by atoms with E-state index in [1.54, 1.807) is 30.1 Å². The molecular formula is C24H24BrF3N6O. The van der Waals surface area contributed by atoms with Crippen molar-refractivity contribution >= 4 is 27.5 Å². The van der Waals surface area contributed by atoms with Crippen molar-refractivity contribution in [3.8, 4) is 11.3 Å². The summed E-state index contributed by atoms with van der Waals surface area (Å²) in [5.74, 6) is -0.232. The minimum Gasteiger partial charge on any atom is -0.334 e. The van der Waals surface area contributed by atoms with Crippen LogP contribution in [0, 0.1) is 0 Å². The SMILES string of the molecule is CCn1ncc(Br)c1CN(C)C(=O)c1cc2nc(-c3ccc(C(C)C)cc3)cc(C(F)(F)F)n2n1. The molecule has 0 fully saturated rings. The first-order chi connectivity index (χ1) is 16.5. The molecule has 1 amide bonds. The van der Waals surface area contributed by atoms with Crippen LogP contribution < -0.4 is 0 Å². The Balaban J connectivity index is 1.72. The molecule has 0 N–H and O–H groups in total. The highest BCUT2D eigenvalue weighted by molar-refractivity contribution is 9.10. The Bertz CT molecular complexity index is 1370. The Morgan fingerprint density at radius 2 is 1.86 bits per heavy atom. The van der Waals surface area contributed by atoms with Crippen molar-refractivity contribution in [1.29, 1.82) is 0 Å². The van der Waals surface area contributed by atoms with Crippen LogP contribution in [0.4, 0.5) is 13.2 Å². The van der Waals surface area contributed by atoms with Crippen molar-refractivity contribution < 1.29 is 18.0 Å². The van der Waals surface area contributed by atoms with Crippen LogP contribution in [0.3, 0.4) is 0 Å². The first-order valence-corrected chi connectivity index (χ1v) is 11.8. The number of nitrogens with zero attached hydrogens (tertiary/aromatic N) is 6.